The fraction of sp³-hybridized carbons (Fsp3) is 0.355. The van der Waals surface area contributed by atoms with E-state index >= 15 is 0 Å². The summed E-state index contributed by atoms with van der Waals surface area (Å²) in [4.78, 5) is 30.0. The summed E-state index contributed by atoms with van der Waals surface area (Å²) in [6.07, 6.45) is 5.38. The number of likely N-dealkylation sites (tertiary alicyclic amines) is 1. The molecular formula is C31H36N4O2. The quantitative estimate of drug-likeness (QED) is 0.481. The number of nitrogens with one attached hydrogen (secondary N) is 2. The molecule has 0 spiro atoms. The van der Waals surface area contributed by atoms with Crippen LogP contribution in [0.4, 0.5) is 16.2 Å². The number of amides is 3. The molecule has 6 heteroatoms. The molecule has 0 atom stereocenters. The lowest BCUT2D eigenvalue weighted by molar-refractivity contribution is -0.121. The van der Waals surface area contributed by atoms with Gasteiger partial charge in [0.15, 0.2) is 0 Å². The van der Waals surface area contributed by atoms with Crippen molar-refractivity contribution in [3.05, 3.63) is 95.6 Å². The van der Waals surface area contributed by atoms with Gasteiger partial charge in [0.1, 0.15) is 0 Å². The fourth-order valence-electron chi connectivity index (χ4n) is 5.34. The molecule has 37 heavy (non-hydrogen) atoms. The summed E-state index contributed by atoms with van der Waals surface area (Å²) in [6.45, 7) is 3.67. The summed E-state index contributed by atoms with van der Waals surface area (Å²) < 4.78 is 0. The third-order valence-corrected chi connectivity index (χ3v) is 7.38. The van der Waals surface area contributed by atoms with Crippen molar-refractivity contribution in [3.63, 3.8) is 0 Å². The zero-order chi connectivity index (χ0) is 25.5. The molecule has 0 saturated carbocycles. The number of piperidine rings is 1. The van der Waals surface area contributed by atoms with Crippen LogP contribution in [0.3, 0.4) is 0 Å². The normalized spacial score (nSPS) is 16.5. The van der Waals surface area contributed by atoms with E-state index in [2.05, 4.69) is 45.9 Å². The van der Waals surface area contributed by atoms with Gasteiger partial charge in [0.2, 0.25) is 5.91 Å². The van der Waals surface area contributed by atoms with Crippen LogP contribution in [0.5, 0.6) is 0 Å². The van der Waals surface area contributed by atoms with Gasteiger partial charge >= 0.3 is 6.03 Å². The maximum Gasteiger partial charge on any atom is 0.326 e. The van der Waals surface area contributed by atoms with Crippen LogP contribution in [0.1, 0.15) is 42.4 Å². The summed E-state index contributed by atoms with van der Waals surface area (Å²) in [6, 6.07) is 26.4. The monoisotopic (exact) mass is 496 g/mol. The first-order valence-electron chi connectivity index (χ1n) is 13.4. The van der Waals surface area contributed by atoms with Gasteiger partial charge in [-0.1, -0.05) is 60.7 Å². The van der Waals surface area contributed by atoms with Crippen molar-refractivity contribution in [3.8, 4) is 0 Å². The molecule has 0 aliphatic carbocycles. The van der Waals surface area contributed by atoms with Crippen molar-refractivity contribution in [2.45, 2.75) is 51.1 Å². The van der Waals surface area contributed by atoms with Crippen molar-refractivity contribution < 1.29 is 9.59 Å². The summed E-state index contributed by atoms with van der Waals surface area (Å²) in [5, 5.41) is 6.24. The predicted octanol–water partition coefficient (Wildman–Crippen LogP) is 5.38. The molecule has 192 valence electrons. The number of benzene rings is 3. The Balaban J connectivity index is 1.08. The Morgan fingerprint density at radius 1 is 0.784 bits per heavy atom. The number of aryl methyl sites for hydroxylation is 1. The van der Waals surface area contributed by atoms with E-state index in [9.17, 15) is 9.59 Å². The summed E-state index contributed by atoms with van der Waals surface area (Å²) in [5.41, 5.74) is 5.23. The van der Waals surface area contributed by atoms with Crippen LogP contribution in [0, 0.1) is 0 Å². The molecular weight excluding hydrogens is 460 g/mol. The minimum absolute atomic E-state index is 0.0551. The van der Waals surface area contributed by atoms with Crippen LogP contribution in [-0.4, -0.2) is 42.5 Å². The number of carbonyl (C=O) groups excluding carboxylic acids is 2. The second kappa shape index (κ2) is 12.1. The van der Waals surface area contributed by atoms with Gasteiger partial charge in [-0.3, -0.25) is 14.6 Å². The average molecular weight is 497 g/mol. The van der Waals surface area contributed by atoms with E-state index in [0.717, 1.165) is 68.7 Å². The molecule has 0 bridgehead atoms. The Labute approximate surface area is 219 Å². The molecule has 2 N–H and O–H groups in total. The average Bonchev–Trinajstić information content (AvgIpc) is 3.14. The molecule has 3 aromatic rings. The first-order valence-corrected chi connectivity index (χ1v) is 13.4. The Kier molecular flexibility index (Phi) is 8.16. The van der Waals surface area contributed by atoms with E-state index in [1.165, 1.54) is 11.1 Å². The highest BCUT2D eigenvalue weighted by molar-refractivity contribution is 6.02. The number of urea groups is 1. The summed E-state index contributed by atoms with van der Waals surface area (Å²) in [5.74, 6) is 0.0551. The zero-order valence-corrected chi connectivity index (χ0v) is 21.4. The third-order valence-electron chi connectivity index (χ3n) is 7.38. The number of hydrogen-bond donors (Lipinski definition) is 2. The number of carbonyl (C=O) groups is 2. The van der Waals surface area contributed by atoms with E-state index in [-0.39, 0.29) is 18.0 Å². The smallest absolute Gasteiger partial charge is 0.326 e. The largest absolute Gasteiger partial charge is 0.353 e. The number of fused-ring (bicyclic) bond motifs is 1. The van der Waals surface area contributed by atoms with Gasteiger partial charge in [-0.15, -0.1) is 0 Å². The highest BCUT2D eigenvalue weighted by Gasteiger charge is 2.22. The van der Waals surface area contributed by atoms with E-state index in [0.29, 0.717) is 13.0 Å². The summed E-state index contributed by atoms with van der Waals surface area (Å²) >= 11 is 0. The maximum atomic E-state index is 13.0. The lowest BCUT2D eigenvalue weighted by Crippen LogP contribution is -2.44. The highest BCUT2D eigenvalue weighted by atomic mass is 16.2. The van der Waals surface area contributed by atoms with Gasteiger partial charge in [0.05, 0.1) is 6.42 Å². The van der Waals surface area contributed by atoms with Crippen molar-refractivity contribution in [2.24, 2.45) is 0 Å². The van der Waals surface area contributed by atoms with Gasteiger partial charge < -0.3 is 10.6 Å². The highest BCUT2D eigenvalue weighted by Crippen LogP contribution is 2.27. The Morgan fingerprint density at radius 3 is 2.30 bits per heavy atom. The topological polar surface area (TPSA) is 64.7 Å². The zero-order valence-electron chi connectivity index (χ0n) is 21.4. The molecule has 3 amide bonds. The number of rotatable bonds is 6. The van der Waals surface area contributed by atoms with Crippen LogP contribution < -0.4 is 15.5 Å². The van der Waals surface area contributed by atoms with Crippen molar-refractivity contribution in [1.29, 1.82) is 0 Å². The maximum absolute atomic E-state index is 13.0. The van der Waals surface area contributed by atoms with E-state index in [4.69, 9.17) is 0 Å². The van der Waals surface area contributed by atoms with Gasteiger partial charge in [-0.25, -0.2) is 4.79 Å². The number of anilines is 2. The Hall–Kier alpha value is -3.64. The molecule has 6 nitrogen and oxygen atoms in total. The molecule has 0 aromatic heterocycles. The lowest BCUT2D eigenvalue weighted by Gasteiger charge is -2.32. The van der Waals surface area contributed by atoms with Crippen LogP contribution in [0.15, 0.2) is 78.9 Å². The molecule has 5 rings (SSSR count). The van der Waals surface area contributed by atoms with Gasteiger partial charge in [0, 0.05) is 43.6 Å². The lowest BCUT2D eigenvalue weighted by atomic mass is 10.0. The molecule has 1 saturated heterocycles. The van der Waals surface area contributed by atoms with Crippen molar-refractivity contribution in [2.75, 3.05) is 29.9 Å². The van der Waals surface area contributed by atoms with Gasteiger partial charge in [0.25, 0.3) is 0 Å². The van der Waals surface area contributed by atoms with E-state index < -0.39 is 0 Å². The van der Waals surface area contributed by atoms with Crippen LogP contribution in [0.25, 0.3) is 0 Å². The molecule has 0 radical (unpaired) electrons. The first kappa shape index (κ1) is 25.0. The van der Waals surface area contributed by atoms with Crippen LogP contribution >= 0.6 is 0 Å². The Morgan fingerprint density at radius 2 is 1.51 bits per heavy atom. The molecule has 2 heterocycles. The fourth-order valence-corrected chi connectivity index (χ4v) is 5.34. The SMILES string of the molecule is O=C(Cc1ccc(NC(=O)N2CCCCc3ccccc32)cc1)NC1CCN(Cc2ccccc2)CC1. The second-order valence-corrected chi connectivity index (χ2v) is 10.1. The number of para-hydroxylation sites is 1. The molecule has 2 aliphatic heterocycles. The molecule has 0 unspecified atom stereocenters. The second-order valence-electron chi connectivity index (χ2n) is 10.1. The minimum atomic E-state index is -0.113. The van der Waals surface area contributed by atoms with E-state index in [1.807, 2.05) is 53.4 Å². The third kappa shape index (κ3) is 6.77. The Bertz CT molecular complexity index is 1190. The number of nitrogens with zero attached hydrogens (tertiary/aromatic N) is 2. The predicted molar refractivity (Wildman–Crippen MR) is 149 cm³/mol. The molecule has 2 aliphatic rings. The van der Waals surface area contributed by atoms with Crippen molar-refractivity contribution >= 4 is 23.3 Å². The van der Waals surface area contributed by atoms with Gasteiger partial charge in [-0.2, -0.15) is 0 Å². The number of hydrogen-bond acceptors (Lipinski definition) is 3. The standard InChI is InChI=1S/C31H36N4O2/c36-30(32-28-17-20-34(21-18-28)23-25-8-2-1-3-9-25)22-24-13-15-27(16-14-24)33-31(37)35-19-7-6-11-26-10-4-5-12-29(26)35/h1-5,8-10,12-16,28H,6-7,11,17-23H2,(H,32,36)(H,33,37). The van der Waals surface area contributed by atoms with Crippen molar-refractivity contribution in [1.82, 2.24) is 10.2 Å². The summed E-state index contributed by atoms with van der Waals surface area (Å²) in [7, 11) is 0. The first-order chi connectivity index (χ1) is 18.1. The molecule has 1 fully saturated rings. The minimum Gasteiger partial charge on any atom is -0.353 e. The van der Waals surface area contributed by atoms with E-state index in [1.54, 1.807) is 0 Å². The molecule has 3 aromatic carbocycles. The van der Waals surface area contributed by atoms with Crippen LogP contribution in [0.2, 0.25) is 0 Å². The van der Waals surface area contributed by atoms with Crippen LogP contribution in [-0.2, 0) is 24.2 Å². The van der Waals surface area contributed by atoms with Gasteiger partial charge in [-0.05, 0) is 67.0 Å².